The van der Waals surface area contributed by atoms with Gasteiger partial charge in [-0.25, -0.2) is 9.98 Å². The van der Waals surface area contributed by atoms with E-state index < -0.39 is 0 Å². The molecule has 0 unspecified atom stereocenters. The fourth-order valence-electron chi connectivity index (χ4n) is 2.90. The van der Waals surface area contributed by atoms with Crippen molar-refractivity contribution < 1.29 is 14.2 Å². The van der Waals surface area contributed by atoms with Gasteiger partial charge in [0.25, 0.3) is 0 Å². The molecule has 0 fully saturated rings. The molecule has 0 saturated carbocycles. The summed E-state index contributed by atoms with van der Waals surface area (Å²) in [5.74, 6) is 4.28. The number of H-pyrrole nitrogens is 1. The van der Waals surface area contributed by atoms with Crippen molar-refractivity contribution in [1.29, 1.82) is 0 Å². The highest BCUT2D eigenvalue weighted by atomic mass is 16.5. The molecule has 9 heteroatoms. The maximum Gasteiger partial charge on any atom is 0.191 e. The van der Waals surface area contributed by atoms with Crippen LogP contribution in [0.3, 0.4) is 0 Å². The normalized spacial score (nSPS) is 11.2. The number of hydrogen-bond acceptors (Lipinski definition) is 6. The first-order valence-electron chi connectivity index (χ1n) is 9.95. The standard InChI is InChI=1S/C22H28N6O3/c1-5-23-22(24-13-16-8-11-18(30-3)12-19(16)31-4)25-14-20-26-21(28-27-20)15-6-9-17(29-2)10-7-15/h6-12H,5,13-14H2,1-4H3,(H2,23,24,25)(H,26,27,28). The van der Waals surface area contributed by atoms with E-state index in [4.69, 9.17) is 14.2 Å². The zero-order valence-electron chi connectivity index (χ0n) is 18.2. The Morgan fingerprint density at radius 3 is 2.39 bits per heavy atom. The van der Waals surface area contributed by atoms with Gasteiger partial charge in [-0.05, 0) is 43.3 Å². The minimum absolute atomic E-state index is 0.453. The molecule has 0 radical (unpaired) electrons. The molecule has 0 aliphatic carbocycles. The molecule has 0 bridgehead atoms. The summed E-state index contributed by atoms with van der Waals surface area (Å²) in [7, 11) is 4.90. The van der Waals surface area contributed by atoms with Gasteiger partial charge in [-0.15, -0.1) is 0 Å². The van der Waals surface area contributed by atoms with Gasteiger partial charge in [-0.2, -0.15) is 5.10 Å². The Kier molecular flexibility index (Phi) is 7.69. The van der Waals surface area contributed by atoms with Crippen LogP contribution in [-0.2, 0) is 13.1 Å². The summed E-state index contributed by atoms with van der Waals surface area (Å²) in [6.45, 7) is 3.66. The molecule has 31 heavy (non-hydrogen) atoms. The third-order valence-electron chi connectivity index (χ3n) is 4.55. The minimum atomic E-state index is 0.453. The molecule has 0 spiro atoms. The second-order valence-corrected chi connectivity index (χ2v) is 6.56. The van der Waals surface area contributed by atoms with E-state index in [1.54, 1.807) is 21.3 Å². The summed E-state index contributed by atoms with van der Waals surface area (Å²) in [6.07, 6.45) is 0. The summed E-state index contributed by atoms with van der Waals surface area (Å²) in [5.41, 5.74) is 1.87. The molecular weight excluding hydrogens is 396 g/mol. The predicted molar refractivity (Wildman–Crippen MR) is 120 cm³/mol. The highest BCUT2D eigenvalue weighted by Gasteiger charge is 2.08. The number of aromatic nitrogens is 3. The number of guanidine groups is 1. The van der Waals surface area contributed by atoms with Crippen LogP contribution in [-0.4, -0.2) is 49.0 Å². The number of nitrogens with one attached hydrogen (secondary N) is 3. The Labute approximate surface area is 181 Å². The largest absolute Gasteiger partial charge is 0.497 e. The molecule has 9 nitrogen and oxygen atoms in total. The van der Waals surface area contributed by atoms with Gasteiger partial charge in [-0.3, -0.25) is 5.10 Å². The molecule has 2 aromatic carbocycles. The van der Waals surface area contributed by atoms with Crippen molar-refractivity contribution in [2.45, 2.75) is 20.0 Å². The number of rotatable bonds is 9. The predicted octanol–water partition coefficient (Wildman–Crippen LogP) is 2.75. The van der Waals surface area contributed by atoms with Crippen LogP contribution in [0.5, 0.6) is 17.2 Å². The van der Waals surface area contributed by atoms with E-state index >= 15 is 0 Å². The van der Waals surface area contributed by atoms with E-state index in [2.05, 4.69) is 30.8 Å². The molecule has 3 aromatic rings. The first-order valence-corrected chi connectivity index (χ1v) is 9.95. The van der Waals surface area contributed by atoms with Crippen LogP contribution >= 0.6 is 0 Å². The number of aromatic amines is 1. The number of hydrogen-bond donors (Lipinski definition) is 3. The van der Waals surface area contributed by atoms with Crippen LogP contribution in [0, 0.1) is 0 Å². The average Bonchev–Trinajstić information content (AvgIpc) is 3.30. The van der Waals surface area contributed by atoms with E-state index in [9.17, 15) is 0 Å². The molecule has 0 amide bonds. The lowest BCUT2D eigenvalue weighted by molar-refractivity contribution is 0.391. The van der Waals surface area contributed by atoms with Gasteiger partial charge in [0.05, 0.1) is 34.4 Å². The van der Waals surface area contributed by atoms with Crippen molar-refractivity contribution in [3.8, 4) is 28.6 Å². The lowest BCUT2D eigenvalue weighted by Gasteiger charge is -2.12. The van der Waals surface area contributed by atoms with Gasteiger partial charge in [0.15, 0.2) is 11.8 Å². The second kappa shape index (κ2) is 10.9. The molecule has 0 saturated heterocycles. The van der Waals surface area contributed by atoms with E-state index in [0.29, 0.717) is 30.7 Å². The molecule has 0 aliphatic heterocycles. The van der Waals surface area contributed by atoms with E-state index in [0.717, 1.165) is 34.9 Å². The smallest absolute Gasteiger partial charge is 0.191 e. The molecule has 1 aromatic heterocycles. The van der Waals surface area contributed by atoms with Crippen LogP contribution < -0.4 is 24.8 Å². The minimum Gasteiger partial charge on any atom is -0.497 e. The highest BCUT2D eigenvalue weighted by Crippen LogP contribution is 2.25. The molecule has 3 N–H and O–H groups in total. The van der Waals surface area contributed by atoms with Gasteiger partial charge < -0.3 is 24.8 Å². The van der Waals surface area contributed by atoms with Gasteiger partial charge in [0.1, 0.15) is 23.1 Å². The SMILES string of the molecule is CCNC(=NCc1ccc(OC)cc1OC)NCc1nc(-c2ccc(OC)cc2)n[nH]1. The lowest BCUT2D eigenvalue weighted by Crippen LogP contribution is -2.37. The summed E-state index contributed by atoms with van der Waals surface area (Å²) in [4.78, 5) is 9.19. The Morgan fingerprint density at radius 1 is 0.968 bits per heavy atom. The Balaban J connectivity index is 1.65. The van der Waals surface area contributed by atoms with Crippen molar-refractivity contribution in [1.82, 2.24) is 25.8 Å². The Hall–Kier alpha value is -3.75. The molecule has 1 heterocycles. The average molecular weight is 425 g/mol. The van der Waals surface area contributed by atoms with Gasteiger partial charge in [0.2, 0.25) is 0 Å². The van der Waals surface area contributed by atoms with Gasteiger partial charge >= 0.3 is 0 Å². The van der Waals surface area contributed by atoms with Gasteiger partial charge in [0, 0.05) is 23.7 Å². The summed E-state index contributed by atoms with van der Waals surface area (Å²) in [6, 6.07) is 13.3. The summed E-state index contributed by atoms with van der Waals surface area (Å²) >= 11 is 0. The van der Waals surface area contributed by atoms with E-state index in [1.165, 1.54) is 0 Å². The third-order valence-corrected chi connectivity index (χ3v) is 4.55. The zero-order chi connectivity index (χ0) is 22.1. The topological polar surface area (TPSA) is 106 Å². The first kappa shape index (κ1) is 21.9. The monoisotopic (exact) mass is 424 g/mol. The molecule has 164 valence electrons. The highest BCUT2D eigenvalue weighted by molar-refractivity contribution is 5.79. The number of benzene rings is 2. The number of methoxy groups -OCH3 is 3. The van der Waals surface area contributed by atoms with Crippen LogP contribution in [0.4, 0.5) is 0 Å². The molecule has 0 aliphatic rings. The number of ether oxygens (including phenoxy) is 3. The quantitative estimate of drug-likeness (QED) is 0.358. The summed E-state index contributed by atoms with van der Waals surface area (Å²) in [5, 5.41) is 13.8. The van der Waals surface area contributed by atoms with Crippen LogP contribution in [0.25, 0.3) is 11.4 Å². The first-order chi connectivity index (χ1) is 15.2. The molecule has 3 rings (SSSR count). The Morgan fingerprint density at radius 2 is 1.71 bits per heavy atom. The fraction of sp³-hybridized carbons (Fsp3) is 0.318. The van der Waals surface area contributed by atoms with Crippen LogP contribution in [0.1, 0.15) is 18.3 Å². The Bertz CT molecular complexity index is 1000. The van der Waals surface area contributed by atoms with E-state index in [1.807, 2.05) is 49.4 Å². The maximum atomic E-state index is 5.45. The third kappa shape index (κ3) is 5.88. The lowest BCUT2D eigenvalue weighted by atomic mass is 10.2. The van der Waals surface area contributed by atoms with Gasteiger partial charge in [-0.1, -0.05) is 0 Å². The maximum absolute atomic E-state index is 5.45. The summed E-state index contributed by atoms with van der Waals surface area (Å²) < 4.78 is 15.9. The zero-order valence-corrected chi connectivity index (χ0v) is 18.2. The van der Waals surface area contributed by atoms with Crippen molar-refractivity contribution in [3.63, 3.8) is 0 Å². The number of aliphatic imine (C=N–C) groups is 1. The van der Waals surface area contributed by atoms with Crippen molar-refractivity contribution in [3.05, 3.63) is 53.9 Å². The van der Waals surface area contributed by atoms with Crippen molar-refractivity contribution in [2.24, 2.45) is 4.99 Å². The van der Waals surface area contributed by atoms with Crippen LogP contribution in [0.15, 0.2) is 47.5 Å². The van der Waals surface area contributed by atoms with E-state index in [-0.39, 0.29) is 0 Å². The fourth-order valence-corrected chi connectivity index (χ4v) is 2.90. The molecular formula is C22H28N6O3. The second-order valence-electron chi connectivity index (χ2n) is 6.56. The van der Waals surface area contributed by atoms with Crippen molar-refractivity contribution >= 4 is 5.96 Å². The van der Waals surface area contributed by atoms with Crippen molar-refractivity contribution in [2.75, 3.05) is 27.9 Å². The molecule has 0 atom stereocenters. The number of nitrogens with zero attached hydrogens (tertiary/aromatic N) is 3. The van der Waals surface area contributed by atoms with Crippen LogP contribution in [0.2, 0.25) is 0 Å².